The molecule has 0 bridgehead atoms. The number of anilines is 1. The summed E-state index contributed by atoms with van der Waals surface area (Å²) in [6.07, 6.45) is 1.55. The second-order valence-electron chi connectivity index (χ2n) is 3.23. The fourth-order valence-corrected chi connectivity index (χ4v) is 1.53. The van der Waals surface area contributed by atoms with E-state index in [1.54, 1.807) is 26.6 Å². The molecule has 1 heterocycles. The molecule has 0 spiro atoms. The van der Waals surface area contributed by atoms with Crippen LogP contribution in [0.4, 0.5) is 5.82 Å². The largest absolute Gasteiger partial charge is 0.497 e. The molecule has 0 unspecified atom stereocenters. The predicted molar refractivity (Wildman–Crippen MR) is 61.5 cm³/mol. The maximum atomic E-state index is 5.74. The summed E-state index contributed by atoms with van der Waals surface area (Å²) in [5.41, 5.74) is 7.35. The summed E-state index contributed by atoms with van der Waals surface area (Å²) in [6, 6.07) is 5.52. The van der Waals surface area contributed by atoms with Gasteiger partial charge in [0.1, 0.15) is 17.3 Å². The van der Waals surface area contributed by atoms with E-state index in [9.17, 15) is 0 Å². The van der Waals surface area contributed by atoms with Crippen molar-refractivity contribution in [1.82, 2.24) is 9.97 Å². The van der Waals surface area contributed by atoms with Gasteiger partial charge >= 0.3 is 0 Å². The molecule has 1 aromatic heterocycles. The molecule has 0 atom stereocenters. The van der Waals surface area contributed by atoms with Crippen LogP contribution in [0.25, 0.3) is 11.3 Å². The number of benzene rings is 1. The number of ether oxygens (including phenoxy) is 2. The maximum Gasteiger partial charge on any atom is 0.149 e. The molecule has 0 aliphatic rings. The van der Waals surface area contributed by atoms with E-state index >= 15 is 0 Å². The molecule has 16 heavy (non-hydrogen) atoms. The summed E-state index contributed by atoms with van der Waals surface area (Å²) in [5, 5.41) is 0. The number of aromatic nitrogens is 2. The fourth-order valence-electron chi connectivity index (χ4n) is 1.53. The zero-order valence-electron chi connectivity index (χ0n) is 9.15. The number of rotatable bonds is 3. The first-order valence-corrected chi connectivity index (χ1v) is 4.77. The van der Waals surface area contributed by atoms with Crippen molar-refractivity contribution >= 4 is 5.82 Å². The number of nitrogen functional groups attached to an aromatic ring is 1. The van der Waals surface area contributed by atoms with Gasteiger partial charge in [0.05, 0.1) is 26.2 Å². The Morgan fingerprint density at radius 2 is 2.06 bits per heavy atom. The van der Waals surface area contributed by atoms with E-state index in [-0.39, 0.29) is 0 Å². The molecule has 0 aliphatic carbocycles. The van der Waals surface area contributed by atoms with E-state index in [2.05, 4.69) is 9.97 Å². The van der Waals surface area contributed by atoms with Gasteiger partial charge in [0.25, 0.3) is 0 Å². The number of H-pyrrole nitrogens is 1. The molecular weight excluding hydrogens is 206 g/mol. The van der Waals surface area contributed by atoms with Gasteiger partial charge in [-0.2, -0.15) is 0 Å². The number of imidazole rings is 1. The van der Waals surface area contributed by atoms with Crippen molar-refractivity contribution in [2.75, 3.05) is 20.0 Å². The van der Waals surface area contributed by atoms with Gasteiger partial charge in [-0.15, -0.1) is 0 Å². The molecule has 84 valence electrons. The van der Waals surface area contributed by atoms with E-state index < -0.39 is 0 Å². The van der Waals surface area contributed by atoms with Gasteiger partial charge in [-0.05, 0) is 12.1 Å². The number of nitrogens with one attached hydrogen (secondary N) is 1. The van der Waals surface area contributed by atoms with Gasteiger partial charge in [0.15, 0.2) is 0 Å². The van der Waals surface area contributed by atoms with Crippen LogP contribution in [0.3, 0.4) is 0 Å². The lowest BCUT2D eigenvalue weighted by atomic mass is 10.1. The molecule has 0 saturated carbocycles. The first kappa shape index (κ1) is 10.4. The van der Waals surface area contributed by atoms with Gasteiger partial charge in [0, 0.05) is 11.6 Å². The number of methoxy groups -OCH3 is 2. The van der Waals surface area contributed by atoms with Crippen LogP contribution < -0.4 is 15.2 Å². The minimum Gasteiger partial charge on any atom is -0.497 e. The molecule has 2 aromatic rings. The molecule has 3 N–H and O–H groups in total. The summed E-state index contributed by atoms with van der Waals surface area (Å²) in [4.78, 5) is 6.92. The highest BCUT2D eigenvalue weighted by atomic mass is 16.5. The number of hydrogen-bond donors (Lipinski definition) is 2. The Morgan fingerprint density at radius 1 is 1.25 bits per heavy atom. The fraction of sp³-hybridized carbons (Fsp3) is 0.182. The van der Waals surface area contributed by atoms with E-state index in [1.807, 2.05) is 12.1 Å². The minimum absolute atomic E-state index is 0.448. The highest BCUT2D eigenvalue weighted by Gasteiger charge is 2.11. The van der Waals surface area contributed by atoms with Crippen LogP contribution in [0, 0.1) is 0 Å². The van der Waals surface area contributed by atoms with E-state index in [1.165, 1.54) is 0 Å². The summed E-state index contributed by atoms with van der Waals surface area (Å²) in [5.74, 6) is 1.87. The molecule has 0 amide bonds. The number of hydrogen-bond acceptors (Lipinski definition) is 4. The van der Waals surface area contributed by atoms with E-state index in [0.717, 1.165) is 17.0 Å². The molecule has 5 heteroatoms. The average molecular weight is 219 g/mol. The van der Waals surface area contributed by atoms with Gasteiger partial charge in [-0.3, -0.25) is 0 Å². The summed E-state index contributed by atoms with van der Waals surface area (Å²) in [6.45, 7) is 0. The third-order valence-corrected chi connectivity index (χ3v) is 2.35. The molecule has 1 aromatic carbocycles. The maximum absolute atomic E-state index is 5.74. The van der Waals surface area contributed by atoms with Crippen molar-refractivity contribution in [3.05, 3.63) is 24.5 Å². The van der Waals surface area contributed by atoms with E-state index in [0.29, 0.717) is 11.6 Å². The zero-order valence-corrected chi connectivity index (χ0v) is 9.15. The monoisotopic (exact) mass is 219 g/mol. The number of nitrogens with two attached hydrogens (primary N) is 1. The highest BCUT2D eigenvalue weighted by molar-refractivity contribution is 5.75. The van der Waals surface area contributed by atoms with Crippen molar-refractivity contribution < 1.29 is 9.47 Å². The first-order chi connectivity index (χ1) is 7.76. The second-order valence-corrected chi connectivity index (χ2v) is 3.23. The van der Waals surface area contributed by atoms with Crippen molar-refractivity contribution in [3.63, 3.8) is 0 Å². The summed E-state index contributed by atoms with van der Waals surface area (Å²) in [7, 11) is 3.21. The van der Waals surface area contributed by atoms with Crippen molar-refractivity contribution in [2.45, 2.75) is 0 Å². The van der Waals surface area contributed by atoms with Crippen LogP contribution in [-0.2, 0) is 0 Å². The molecule has 0 saturated heterocycles. The second kappa shape index (κ2) is 4.14. The van der Waals surface area contributed by atoms with Crippen molar-refractivity contribution in [3.8, 4) is 22.8 Å². The molecule has 0 aliphatic heterocycles. The third kappa shape index (κ3) is 1.67. The van der Waals surface area contributed by atoms with Gasteiger partial charge < -0.3 is 20.2 Å². The molecular formula is C11H13N3O2. The quantitative estimate of drug-likeness (QED) is 0.823. The Morgan fingerprint density at radius 3 is 2.62 bits per heavy atom. The Balaban J connectivity index is 2.53. The van der Waals surface area contributed by atoms with Gasteiger partial charge in [0.2, 0.25) is 0 Å². The van der Waals surface area contributed by atoms with E-state index in [4.69, 9.17) is 15.2 Å². The SMILES string of the molecule is COc1ccc(-c2[nH]cnc2N)c(OC)c1. The Hall–Kier alpha value is -2.17. The van der Waals surface area contributed by atoms with Crippen LogP contribution in [0.2, 0.25) is 0 Å². The van der Waals surface area contributed by atoms with Crippen LogP contribution in [-0.4, -0.2) is 24.2 Å². The highest BCUT2D eigenvalue weighted by Crippen LogP contribution is 2.34. The normalized spacial score (nSPS) is 10.1. The van der Waals surface area contributed by atoms with Crippen LogP contribution in [0.1, 0.15) is 0 Å². The van der Waals surface area contributed by atoms with Crippen molar-refractivity contribution in [2.24, 2.45) is 0 Å². The van der Waals surface area contributed by atoms with Gasteiger partial charge in [-0.1, -0.05) is 0 Å². The number of nitrogens with zero attached hydrogens (tertiary/aromatic N) is 1. The van der Waals surface area contributed by atoms with Crippen LogP contribution in [0.5, 0.6) is 11.5 Å². The summed E-state index contributed by atoms with van der Waals surface area (Å²) >= 11 is 0. The average Bonchev–Trinajstić information content (AvgIpc) is 2.74. The lowest BCUT2D eigenvalue weighted by Crippen LogP contribution is -1.93. The lowest BCUT2D eigenvalue weighted by Gasteiger charge is -2.09. The summed E-state index contributed by atoms with van der Waals surface area (Å²) < 4.78 is 10.4. The Labute approximate surface area is 93.2 Å². The smallest absolute Gasteiger partial charge is 0.149 e. The Kier molecular flexibility index (Phi) is 2.68. The van der Waals surface area contributed by atoms with Gasteiger partial charge in [-0.25, -0.2) is 4.98 Å². The lowest BCUT2D eigenvalue weighted by molar-refractivity contribution is 0.395. The molecule has 0 fully saturated rings. The minimum atomic E-state index is 0.448. The van der Waals surface area contributed by atoms with Crippen LogP contribution in [0.15, 0.2) is 24.5 Å². The number of aromatic amines is 1. The Bertz CT molecular complexity index is 494. The predicted octanol–water partition coefficient (Wildman–Crippen LogP) is 1.68. The van der Waals surface area contributed by atoms with Crippen molar-refractivity contribution in [1.29, 1.82) is 0 Å². The molecule has 0 radical (unpaired) electrons. The molecule has 2 rings (SSSR count). The first-order valence-electron chi connectivity index (χ1n) is 4.77. The third-order valence-electron chi connectivity index (χ3n) is 2.35. The topological polar surface area (TPSA) is 73.2 Å². The standard InChI is InChI=1S/C11H13N3O2/c1-15-7-3-4-8(9(5-7)16-2)10-11(12)14-6-13-10/h3-6H,12H2,1-2H3,(H,13,14). The molecule has 5 nitrogen and oxygen atoms in total. The zero-order chi connectivity index (χ0) is 11.5. The van der Waals surface area contributed by atoms with Crippen LogP contribution >= 0.6 is 0 Å².